The van der Waals surface area contributed by atoms with Crippen LogP contribution in [0.3, 0.4) is 0 Å². The highest BCUT2D eigenvalue weighted by molar-refractivity contribution is 7.12. The molecule has 0 atom stereocenters. The van der Waals surface area contributed by atoms with Crippen molar-refractivity contribution >= 4 is 11.3 Å². The van der Waals surface area contributed by atoms with E-state index in [0.29, 0.717) is 0 Å². The van der Waals surface area contributed by atoms with Crippen LogP contribution in [-0.2, 0) is 13.1 Å². The molecule has 3 rings (SSSR count). The summed E-state index contributed by atoms with van der Waals surface area (Å²) in [6.45, 7) is 10.5. The van der Waals surface area contributed by atoms with Gasteiger partial charge >= 0.3 is 0 Å². The Hall–Kier alpha value is -0.380. The molecular formula is C18H30N2S. The average Bonchev–Trinajstić information content (AvgIpc) is 3.33. The van der Waals surface area contributed by atoms with Gasteiger partial charge in [0.1, 0.15) is 0 Å². The molecule has 1 aromatic rings. The Balaban J connectivity index is 1.56. The Kier molecular flexibility index (Phi) is 5.03. The van der Waals surface area contributed by atoms with Crippen molar-refractivity contribution in [3.63, 3.8) is 0 Å². The number of thiophene rings is 1. The van der Waals surface area contributed by atoms with E-state index in [4.69, 9.17) is 0 Å². The molecule has 1 N–H and O–H groups in total. The topological polar surface area (TPSA) is 15.3 Å². The van der Waals surface area contributed by atoms with E-state index >= 15 is 0 Å². The molecule has 1 heterocycles. The monoisotopic (exact) mass is 306 g/mol. The molecule has 0 amide bonds. The number of nitrogens with one attached hydrogen (secondary N) is 1. The second-order valence-corrected chi connectivity index (χ2v) is 8.67. The molecule has 2 saturated carbocycles. The summed E-state index contributed by atoms with van der Waals surface area (Å²) in [5.74, 6) is 0.813. The fourth-order valence-electron chi connectivity index (χ4n) is 2.84. The van der Waals surface area contributed by atoms with Crippen molar-refractivity contribution in [2.24, 2.45) is 5.92 Å². The van der Waals surface area contributed by atoms with Crippen LogP contribution in [0, 0.1) is 12.8 Å². The molecule has 3 heteroatoms. The van der Waals surface area contributed by atoms with Gasteiger partial charge in [-0.2, -0.15) is 0 Å². The molecule has 0 aromatic carbocycles. The Morgan fingerprint density at radius 3 is 2.67 bits per heavy atom. The molecule has 118 valence electrons. The second kappa shape index (κ2) is 6.80. The molecule has 2 aliphatic rings. The summed E-state index contributed by atoms with van der Waals surface area (Å²) in [6, 6.07) is 4.14. The third-order valence-corrected chi connectivity index (χ3v) is 5.74. The minimum atomic E-state index is 0.810. The quantitative estimate of drug-likeness (QED) is 0.731. The average molecular weight is 307 g/mol. The maximum Gasteiger partial charge on any atom is 0.0302 e. The summed E-state index contributed by atoms with van der Waals surface area (Å²) in [7, 11) is 0. The van der Waals surface area contributed by atoms with Gasteiger partial charge in [0, 0.05) is 34.9 Å². The van der Waals surface area contributed by atoms with Crippen LogP contribution in [0.25, 0.3) is 0 Å². The third-order valence-electron chi connectivity index (χ3n) is 4.64. The Labute approximate surface area is 133 Å². The standard InChI is InChI=1S/C18H30N2S/c1-13(2)8-9-20(17-6-7-17)12-15-10-18(21-14(15)3)11-19-16-4-5-16/h10,13,16-17,19H,4-9,11-12H2,1-3H3. The SMILES string of the molecule is Cc1sc(CNC2CC2)cc1CN(CCC(C)C)C1CC1. The number of hydrogen-bond acceptors (Lipinski definition) is 3. The maximum atomic E-state index is 3.64. The Morgan fingerprint density at radius 1 is 1.29 bits per heavy atom. The van der Waals surface area contributed by atoms with Gasteiger partial charge in [0.25, 0.3) is 0 Å². The zero-order valence-corrected chi connectivity index (χ0v) is 14.6. The minimum Gasteiger partial charge on any atom is -0.309 e. The van der Waals surface area contributed by atoms with Crippen molar-refractivity contribution in [2.45, 2.75) is 78.0 Å². The molecule has 0 radical (unpaired) electrons. The first-order valence-corrected chi connectivity index (χ1v) is 9.49. The van der Waals surface area contributed by atoms with Crippen LogP contribution < -0.4 is 5.32 Å². The van der Waals surface area contributed by atoms with Crippen molar-refractivity contribution in [1.82, 2.24) is 10.2 Å². The Morgan fingerprint density at radius 2 is 2.05 bits per heavy atom. The fraction of sp³-hybridized carbons (Fsp3) is 0.778. The zero-order chi connectivity index (χ0) is 14.8. The lowest BCUT2D eigenvalue weighted by atomic mass is 10.1. The lowest BCUT2D eigenvalue weighted by molar-refractivity contribution is 0.239. The zero-order valence-electron chi connectivity index (χ0n) is 13.8. The van der Waals surface area contributed by atoms with Gasteiger partial charge in [0.2, 0.25) is 0 Å². The second-order valence-electron chi connectivity index (χ2n) is 7.33. The highest BCUT2D eigenvalue weighted by Crippen LogP contribution is 2.31. The van der Waals surface area contributed by atoms with E-state index in [0.717, 1.165) is 24.5 Å². The van der Waals surface area contributed by atoms with Crippen molar-refractivity contribution in [3.8, 4) is 0 Å². The Bertz CT molecular complexity index is 458. The fourth-order valence-corrected chi connectivity index (χ4v) is 3.84. The van der Waals surface area contributed by atoms with Crippen LogP contribution in [-0.4, -0.2) is 23.5 Å². The van der Waals surface area contributed by atoms with E-state index in [9.17, 15) is 0 Å². The van der Waals surface area contributed by atoms with Gasteiger partial charge in [-0.3, -0.25) is 4.90 Å². The van der Waals surface area contributed by atoms with Gasteiger partial charge in [-0.1, -0.05) is 13.8 Å². The van der Waals surface area contributed by atoms with Crippen LogP contribution in [0.5, 0.6) is 0 Å². The first-order chi connectivity index (χ1) is 10.1. The van der Waals surface area contributed by atoms with Gasteiger partial charge in [-0.25, -0.2) is 0 Å². The summed E-state index contributed by atoms with van der Waals surface area (Å²) in [5, 5.41) is 3.64. The van der Waals surface area contributed by atoms with Gasteiger partial charge < -0.3 is 5.32 Å². The highest BCUT2D eigenvalue weighted by Gasteiger charge is 2.29. The normalized spacial score (nSPS) is 18.9. The lowest BCUT2D eigenvalue weighted by Gasteiger charge is -2.23. The van der Waals surface area contributed by atoms with Crippen molar-refractivity contribution in [2.75, 3.05) is 6.54 Å². The van der Waals surface area contributed by atoms with E-state index in [2.05, 4.69) is 37.1 Å². The van der Waals surface area contributed by atoms with Gasteiger partial charge in [-0.05, 0) is 63.1 Å². The molecule has 0 bridgehead atoms. The first kappa shape index (κ1) is 15.5. The summed E-state index contributed by atoms with van der Waals surface area (Å²) < 4.78 is 0. The van der Waals surface area contributed by atoms with Crippen LogP contribution in [0.1, 0.15) is 61.3 Å². The summed E-state index contributed by atoms with van der Waals surface area (Å²) in [6.07, 6.45) is 6.91. The van der Waals surface area contributed by atoms with Gasteiger partial charge in [0.15, 0.2) is 0 Å². The minimum absolute atomic E-state index is 0.810. The molecule has 0 spiro atoms. The molecule has 2 fully saturated rings. The molecule has 0 aliphatic heterocycles. The van der Waals surface area contributed by atoms with Crippen LogP contribution >= 0.6 is 11.3 Å². The maximum absolute atomic E-state index is 3.64. The van der Waals surface area contributed by atoms with E-state index < -0.39 is 0 Å². The molecule has 0 unspecified atom stereocenters. The summed E-state index contributed by atoms with van der Waals surface area (Å²) >= 11 is 1.99. The molecular weight excluding hydrogens is 276 g/mol. The summed E-state index contributed by atoms with van der Waals surface area (Å²) in [5.41, 5.74) is 1.57. The molecule has 1 aromatic heterocycles. The molecule has 2 nitrogen and oxygen atoms in total. The van der Waals surface area contributed by atoms with Crippen LogP contribution in [0.2, 0.25) is 0 Å². The van der Waals surface area contributed by atoms with Crippen molar-refractivity contribution < 1.29 is 0 Å². The van der Waals surface area contributed by atoms with Gasteiger partial charge in [0.05, 0.1) is 0 Å². The third kappa shape index (κ3) is 4.80. The molecule has 0 saturated heterocycles. The number of aryl methyl sites for hydroxylation is 1. The van der Waals surface area contributed by atoms with Gasteiger partial charge in [-0.15, -0.1) is 11.3 Å². The van der Waals surface area contributed by atoms with Crippen LogP contribution in [0.15, 0.2) is 6.07 Å². The summed E-state index contributed by atoms with van der Waals surface area (Å²) in [4.78, 5) is 5.78. The molecule has 2 aliphatic carbocycles. The molecule has 21 heavy (non-hydrogen) atoms. The number of rotatable bonds is 9. The van der Waals surface area contributed by atoms with E-state index in [-0.39, 0.29) is 0 Å². The van der Waals surface area contributed by atoms with E-state index in [1.54, 1.807) is 5.56 Å². The van der Waals surface area contributed by atoms with E-state index in [1.165, 1.54) is 54.9 Å². The van der Waals surface area contributed by atoms with E-state index in [1.807, 2.05) is 11.3 Å². The largest absolute Gasteiger partial charge is 0.309 e. The smallest absolute Gasteiger partial charge is 0.0302 e. The number of nitrogens with zero attached hydrogens (tertiary/aromatic N) is 1. The van der Waals surface area contributed by atoms with Crippen molar-refractivity contribution in [3.05, 3.63) is 21.4 Å². The number of hydrogen-bond donors (Lipinski definition) is 1. The van der Waals surface area contributed by atoms with Crippen molar-refractivity contribution in [1.29, 1.82) is 0 Å². The predicted molar refractivity (Wildman–Crippen MR) is 91.8 cm³/mol. The first-order valence-electron chi connectivity index (χ1n) is 8.67. The predicted octanol–water partition coefficient (Wildman–Crippen LogP) is 4.32. The lowest BCUT2D eigenvalue weighted by Crippen LogP contribution is -2.27. The van der Waals surface area contributed by atoms with Crippen LogP contribution in [0.4, 0.5) is 0 Å². The highest BCUT2D eigenvalue weighted by atomic mass is 32.1.